The molecule has 1 saturated heterocycles. The molecule has 100 valence electrons. The van der Waals surface area contributed by atoms with Gasteiger partial charge < -0.3 is 24.3 Å². The maximum atomic E-state index is 5.75. The molecule has 0 aliphatic carbocycles. The van der Waals surface area contributed by atoms with E-state index in [2.05, 4.69) is 5.32 Å². The minimum Gasteiger partial charge on any atom is -0.497 e. The highest BCUT2D eigenvalue weighted by Gasteiger charge is 2.23. The first-order valence-corrected chi connectivity index (χ1v) is 5.92. The summed E-state index contributed by atoms with van der Waals surface area (Å²) in [5.74, 6) is 2.09. The van der Waals surface area contributed by atoms with E-state index in [4.69, 9.17) is 18.9 Å². The largest absolute Gasteiger partial charge is 0.497 e. The van der Waals surface area contributed by atoms with Crippen LogP contribution in [0.4, 0.5) is 0 Å². The number of methoxy groups -OCH3 is 3. The molecule has 1 aliphatic rings. The Kier molecular flexibility index (Phi) is 4.28. The van der Waals surface area contributed by atoms with Crippen molar-refractivity contribution in [2.75, 3.05) is 41.0 Å². The zero-order valence-corrected chi connectivity index (χ0v) is 11.0. The summed E-state index contributed by atoms with van der Waals surface area (Å²) in [5, 5.41) is 3.30. The smallest absolute Gasteiger partial charge is 0.166 e. The average molecular weight is 253 g/mol. The number of hydrogen-bond acceptors (Lipinski definition) is 5. The van der Waals surface area contributed by atoms with Crippen LogP contribution in [0.25, 0.3) is 0 Å². The SMILES string of the molecule is COc1cc(OC)c(OC)c(C2CNCCO2)c1. The first kappa shape index (κ1) is 13.0. The molecular formula is C13H19NO4. The van der Waals surface area contributed by atoms with Gasteiger partial charge in [0.2, 0.25) is 0 Å². The summed E-state index contributed by atoms with van der Waals surface area (Å²) < 4.78 is 21.8. The molecule has 0 aromatic heterocycles. The molecule has 1 heterocycles. The Morgan fingerprint density at radius 3 is 2.56 bits per heavy atom. The van der Waals surface area contributed by atoms with E-state index in [-0.39, 0.29) is 6.10 Å². The highest BCUT2D eigenvalue weighted by molar-refractivity contribution is 5.53. The van der Waals surface area contributed by atoms with E-state index in [1.54, 1.807) is 27.4 Å². The Morgan fingerprint density at radius 1 is 1.17 bits per heavy atom. The molecule has 1 N–H and O–H groups in total. The zero-order chi connectivity index (χ0) is 13.0. The van der Waals surface area contributed by atoms with Crippen LogP contribution in [0.3, 0.4) is 0 Å². The van der Waals surface area contributed by atoms with Crippen LogP contribution < -0.4 is 19.5 Å². The molecule has 0 saturated carbocycles. The van der Waals surface area contributed by atoms with Crippen LogP contribution in [-0.2, 0) is 4.74 Å². The van der Waals surface area contributed by atoms with E-state index in [1.807, 2.05) is 6.07 Å². The lowest BCUT2D eigenvalue weighted by Crippen LogP contribution is -2.33. The molecule has 0 spiro atoms. The van der Waals surface area contributed by atoms with Gasteiger partial charge in [-0.25, -0.2) is 0 Å². The molecule has 0 bridgehead atoms. The molecule has 1 aromatic rings. The predicted octanol–water partition coefficient (Wildman–Crippen LogP) is 1.37. The third-order valence-electron chi connectivity index (χ3n) is 2.99. The summed E-state index contributed by atoms with van der Waals surface area (Å²) >= 11 is 0. The van der Waals surface area contributed by atoms with Gasteiger partial charge in [0.1, 0.15) is 5.75 Å². The lowest BCUT2D eigenvalue weighted by Gasteiger charge is -2.26. The molecular weight excluding hydrogens is 234 g/mol. The molecule has 2 rings (SSSR count). The van der Waals surface area contributed by atoms with Crippen LogP contribution in [0.1, 0.15) is 11.7 Å². The van der Waals surface area contributed by atoms with Crippen LogP contribution in [0.5, 0.6) is 17.2 Å². The van der Waals surface area contributed by atoms with E-state index in [0.717, 1.165) is 24.4 Å². The van der Waals surface area contributed by atoms with Crippen molar-refractivity contribution in [3.8, 4) is 17.2 Å². The maximum Gasteiger partial charge on any atom is 0.166 e. The second kappa shape index (κ2) is 5.93. The van der Waals surface area contributed by atoms with E-state index in [1.165, 1.54) is 0 Å². The number of nitrogens with one attached hydrogen (secondary N) is 1. The van der Waals surface area contributed by atoms with Gasteiger partial charge in [-0.1, -0.05) is 0 Å². The van der Waals surface area contributed by atoms with E-state index in [0.29, 0.717) is 18.1 Å². The van der Waals surface area contributed by atoms with Gasteiger partial charge in [0.05, 0.1) is 34.0 Å². The summed E-state index contributed by atoms with van der Waals surface area (Å²) in [4.78, 5) is 0. The fourth-order valence-corrected chi connectivity index (χ4v) is 2.09. The molecule has 5 nitrogen and oxygen atoms in total. The van der Waals surface area contributed by atoms with Crippen molar-refractivity contribution in [2.45, 2.75) is 6.10 Å². The highest BCUT2D eigenvalue weighted by atomic mass is 16.5. The molecule has 1 atom stereocenters. The van der Waals surface area contributed by atoms with Crippen molar-refractivity contribution >= 4 is 0 Å². The van der Waals surface area contributed by atoms with Crippen molar-refractivity contribution in [1.82, 2.24) is 5.32 Å². The van der Waals surface area contributed by atoms with Gasteiger partial charge in [-0.15, -0.1) is 0 Å². The standard InChI is InChI=1S/C13H19NO4/c1-15-9-6-10(12-8-14-4-5-18-12)13(17-3)11(7-9)16-2/h6-7,12,14H,4-5,8H2,1-3H3. The number of benzene rings is 1. The van der Waals surface area contributed by atoms with Crippen LogP contribution in [0, 0.1) is 0 Å². The fourth-order valence-electron chi connectivity index (χ4n) is 2.09. The number of ether oxygens (including phenoxy) is 4. The summed E-state index contributed by atoms with van der Waals surface area (Å²) in [6.45, 7) is 2.32. The van der Waals surface area contributed by atoms with Crippen molar-refractivity contribution < 1.29 is 18.9 Å². The van der Waals surface area contributed by atoms with Crippen LogP contribution in [-0.4, -0.2) is 41.0 Å². The van der Waals surface area contributed by atoms with E-state index < -0.39 is 0 Å². The van der Waals surface area contributed by atoms with Crippen LogP contribution >= 0.6 is 0 Å². The average Bonchev–Trinajstić information content (AvgIpc) is 2.46. The van der Waals surface area contributed by atoms with Crippen molar-refractivity contribution in [3.05, 3.63) is 17.7 Å². The predicted molar refractivity (Wildman–Crippen MR) is 67.7 cm³/mol. The normalized spacial score (nSPS) is 19.4. The highest BCUT2D eigenvalue weighted by Crippen LogP contribution is 2.40. The topological polar surface area (TPSA) is 49.0 Å². The first-order valence-electron chi connectivity index (χ1n) is 5.92. The lowest BCUT2D eigenvalue weighted by molar-refractivity contribution is 0.0259. The van der Waals surface area contributed by atoms with Gasteiger partial charge >= 0.3 is 0 Å². The Morgan fingerprint density at radius 2 is 2.00 bits per heavy atom. The number of rotatable bonds is 4. The van der Waals surface area contributed by atoms with Crippen molar-refractivity contribution in [2.24, 2.45) is 0 Å². The number of morpholine rings is 1. The van der Waals surface area contributed by atoms with Gasteiger partial charge in [0.15, 0.2) is 11.5 Å². The second-order valence-corrected chi connectivity index (χ2v) is 4.02. The van der Waals surface area contributed by atoms with Gasteiger partial charge in [-0.2, -0.15) is 0 Å². The van der Waals surface area contributed by atoms with Crippen LogP contribution in [0.2, 0.25) is 0 Å². The molecule has 0 amide bonds. The summed E-state index contributed by atoms with van der Waals surface area (Å²) in [6.07, 6.45) is -0.0438. The van der Waals surface area contributed by atoms with Crippen molar-refractivity contribution in [3.63, 3.8) is 0 Å². The molecule has 1 aliphatic heterocycles. The molecule has 1 fully saturated rings. The molecule has 1 aromatic carbocycles. The molecule has 1 unspecified atom stereocenters. The minimum absolute atomic E-state index is 0.0438. The second-order valence-electron chi connectivity index (χ2n) is 4.02. The molecule has 18 heavy (non-hydrogen) atoms. The monoisotopic (exact) mass is 253 g/mol. The summed E-state index contributed by atoms with van der Waals surface area (Å²) in [5.41, 5.74) is 0.945. The van der Waals surface area contributed by atoms with Gasteiger partial charge in [-0.05, 0) is 6.07 Å². The van der Waals surface area contributed by atoms with Crippen LogP contribution in [0.15, 0.2) is 12.1 Å². The van der Waals surface area contributed by atoms with Gasteiger partial charge in [-0.3, -0.25) is 0 Å². The Bertz CT molecular complexity index is 402. The zero-order valence-electron chi connectivity index (χ0n) is 11.0. The summed E-state index contributed by atoms with van der Waals surface area (Å²) in [7, 11) is 4.87. The van der Waals surface area contributed by atoms with E-state index in [9.17, 15) is 0 Å². The maximum absolute atomic E-state index is 5.75. The first-order chi connectivity index (χ1) is 8.80. The third-order valence-corrected chi connectivity index (χ3v) is 2.99. The van der Waals surface area contributed by atoms with Gasteiger partial charge in [0, 0.05) is 24.7 Å². The minimum atomic E-state index is -0.0438. The Hall–Kier alpha value is -1.46. The lowest BCUT2D eigenvalue weighted by atomic mass is 10.1. The summed E-state index contributed by atoms with van der Waals surface area (Å²) in [6, 6.07) is 3.73. The van der Waals surface area contributed by atoms with Crippen molar-refractivity contribution in [1.29, 1.82) is 0 Å². The quantitative estimate of drug-likeness (QED) is 0.878. The van der Waals surface area contributed by atoms with E-state index >= 15 is 0 Å². The van der Waals surface area contributed by atoms with Gasteiger partial charge in [0.25, 0.3) is 0 Å². The fraction of sp³-hybridized carbons (Fsp3) is 0.538. The number of hydrogen-bond donors (Lipinski definition) is 1. The Balaban J connectivity index is 2.41. The third kappa shape index (κ3) is 2.52. The molecule has 0 radical (unpaired) electrons. The molecule has 5 heteroatoms. The Labute approximate surface area is 107 Å².